The van der Waals surface area contributed by atoms with Gasteiger partial charge in [-0.05, 0) is 30.3 Å². The van der Waals surface area contributed by atoms with Crippen LogP contribution in [-0.2, 0) is 0 Å². The van der Waals surface area contributed by atoms with Gasteiger partial charge in [0.1, 0.15) is 11.2 Å². The summed E-state index contributed by atoms with van der Waals surface area (Å²) in [6, 6.07) is 16.4. The van der Waals surface area contributed by atoms with Crippen LogP contribution in [0.1, 0.15) is 0 Å². The molecule has 4 heteroatoms. The van der Waals surface area contributed by atoms with E-state index in [1.165, 1.54) is 20.9 Å². The van der Waals surface area contributed by atoms with E-state index < -0.39 is 0 Å². The number of thiophene rings is 1. The van der Waals surface area contributed by atoms with Crippen molar-refractivity contribution >= 4 is 81.0 Å². The molecule has 0 unspecified atom stereocenters. The maximum absolute atomic E-state index is 6.43. The van der Waals surface area contributed by atoms with Crippen LogP contribution in [0.25, 0.3) is 42.1 Å². The summed E-state index contributed by atoms with van der Waals surface area (Å²) in [4.78, 5) is 0. The summed E-state index contributed by atoms with van der Waals surface area (Å²) in [6.45, 7) is 0. The lowest BCUT2D eigenvalue weighted by Gasteiger charge is -1.98. The highest BCUT2D eigenvalue weighted by Crippen LogP contribution is 2.45. The minimum absolute atomic E-state index is 0.784. The SMILES string of the molecule is Clc1cc(Br)cc2c1sc1ccc3oc4ccccc4c3c12. The molecule has 0 saturated heterocycles. The molecule has 5 rings (SSSR count). The van der Waals surface area contributed by atoms with Crippen molar-refractivity contribution < 1.29 is 4.42 Å². The van der Waals surface area contributed by atoms with Crippen LogP contribution < -0.4 is 0 Å². The quantitative estimate of drug-likeness (QED) is 0.270. The molecule has 0 spiro atoms. The van der Waals surface area contributed by atoms with E-state index in [0.29, 0.717) is 0 Å². The third kappa shape index (κ3) is 1.64. The fourth-order valence-electron chi connectivity index (χ4n) is 3.11. The fourth-order valence-corrected chi connectivity index (χ4v) is 5.13. The predicted molar refractivity (Wildman–Crippen MR) is 99.3 cm³/mol. The number of para-hydroxylation sites is 1. The molecule has 2 aromatic heterocycles. The predicted octanol–water partition coefficient (Wildman–Crippen LogP) is 7.37. The third-order valence-electron chi connectivity index (χ3n) is 3.99. The molecule has 5 aromatic rings. The molecule has 0 atom stereocenters. The van der Waals surface area contributed by atoms with Crippen LogP contribution >= 0.6 is 38.9 Å². The normalized spacial score (nSPS) is 12.1. The molecule has 0 radical (unpaired) electrons. The minimum atomic E-state index is 0.784. The van der Waals surface area contributed by atoms with E-state index in [-0.39, 0.29) is 0 Å². The Morgan fingerprint density at radius 2 is 1.77 bits per heavy atom. The molecule has 0 fully saturated rings. The van der Waals surface area contributed by atoms with Gasteiger partial charge in [-0.3, -0.25) is 0 Å². The lowest BCUT2D eigenvalue weighted by atomic mass is 10.1. The molecule has 2 heterocycles. The van der Waals surface area contributed by atoms with Gasteiger partial charge in [0, 0.05) is 30.7 Å². The number of fused-ring (bicyclic) bond motifs is 7. The summed E-state index contributed by atoms with van der Waals surface area (Å²) in [5.41, 5.74) is 1.84. The Bertz CT molecular complexity index is 1200. The maximum Gasteiger partial charge on any atom is 0.136 e. The third-order valence-corrected chi connectivity index (χ3v) is 6.07. The van der Waals surface area contributed by atoms with Gasteiger partial charge in [0.25, 0.3) is 0 Å². The highest BCUT2D eigenvalue weighted by atomic mass is 79.9. The van der Waals surface area contributed by atoms with E-state index in [4.69, 9.17) is 16.0 Å². The summed E-state index contributed by atoms with van der Waals surface area (Å²) < 4.78 is 9.35. The average molecular weight is 388 g/mol. The monoisotopic (exact) mass is 386 g/mol. The van der Waals surface area contributed by atoms with Gasteiger partial charge in [0.15, 0.2) is 0 Å². The Morgan fingerprint density at radius 1 is 0.909 bits per heavy atom. The molecular formula is C18H8BrClOS. The summed E-state index contributed by atoms with van der Waals surface area (Å²) in [5.74, 6) is 0. The largest absolute Gasteiger partial charge is 0.456 e. The number of benzene rings is 3. The lowest BCUT2D eigenvalue weighted by molar-refractivity contribution is 0.669. The van der Waals surface area contributed by atoms with Crippen LogP contribution in [0, 0.1) is 0 Å². The van der Waals surface area contributed by atoms with E-state index in [0.717, 1.165) is 30.7 Å². The van der Waals surface area contributed by atoms with E-state index in [1.807, 2.05) is 24.3 Å². The van der Waals surface area contributed by atoms with Crippen molar-refractivity contribution in [2.75, 3.05) is 0 Å². The highest BCUT2D eigenvalue weighted by molar-refractivity contribution is 9.10. The summed E-state index contributed by atoms with van der Waals surface area (Å²) in [5, 5.41) is 5.51. The van der Waals surface area contributed by atoms with Crippen LogP contribution in [0.4, 0.5) is 0 Å². The summed E-state index contributed by atoms with van der Waals surface area (Å²) in [7, 11) is 0. The number of furan rings is 1. The van der Waals surface area contributed by atoms with E-state index in [2.05, 4.69) is 40.2 Å². The van der Waals surface area contributed by atoms with E-state index >= 15 is 0 Å². The van der Waals surface area contributed by atoms with Crippen LogP contribution in [0.15, 0.2) is 57.4 Å². The van der Waals surface area contributed by atoms with Gasteiger partial charge in [-0.2, -0.15) is 0 Å². The second-order valence-electron chi connectivity index (χ2n) is 5.28. The summed E-state index contributed by atoms with van der Waals surface area (Å²) in [6.07, 6.45) is 0. The average Bonchev–Trinajstić information content (AvgIpc) is 3.05. The van der Waals surface area contributed by atoms with Gasteiger partial charge in [0.2, 0.25) is 0 Å². The molecular weight excluding hydrogens is 380 g/mol. The van der Waals surface area contributed by atoms with Crippen LogP contribution in [0.3, 0.4) is 0 Å². The van der Waals surface area contributed by atoms with Gasteiger partial charge < -0.3 is 4.42 Å². The van der Waals surface area contributed by atoms with Crippen molar-refractivity contribution in [1.82, 2.24) is 0 Å². The molecule has 0 bridgehead atoms. The van der Waals surface area contributed by atoms with Crippen molar-refractivity contribution in [2.45, 2.75) is 0 Å². The lowest BCUT2D eigenvalue weighted by Crippen LogP contribution is -1.72. The zero-order chi connectivity index (χ0) is 14.8. The Labute approximate surface area is 143 Å². The fraction of sp³-hybridized carbons (Fsp3) is 0. The van der Waals surface area contributed by atoms with E-state index in [9.17, 15) is 0 Å². The molecule has 106 valence electrons. The zero-order valence-corrected chi connectivity index (χ0v) is 14.3. The Morgan fingerprint density at radius 3 is 2.68 bits per heavy atom. The maximum atomic E-state index is 6.43. The number of rotatable bonds is 0. The molecule has 0 saturated carbocycles. The standard InChI is InChI=1S/C18H8BrClOS/c19-9-7-11-17-15(22-18(11)12(20)8-9)6-5-14-16(17)10-3-1-2-4-13(10)21-14/h1-8H. The first-order valence-electron chi connectivity index (χ1n) is 6.84. The molecule has 22 heavy (non-hydrogen) atoms. The topological polar surface area (TPSA) is 13.1 Å². The highest BCUT2D eigenvalue weighted by Gasteiger charge is 2.16. The van der Waals surface area contributed by atoms with Gasteiger partial charge in [0.05, 0.1) is 9.72 Å². The van der Waals surface area contributed by atoms with Crippen molar-refractivity contribution in [3.8, 4) is 0 Å². The number of hydrogen-bond acceptors (Lipinski definition) is 2. The molecule has 0 aliphatic heterocycles. The molecule has 0 aliphatic rings. The summed E-state index contributed by atoms with van der Waals surface area (Å²) >= 11 is 11.7. The van der Waals surface area contributed by atoms with Crippen molar-refractivity contribution in [3.05, 3.63) is 58.0 Å². The molecule has 1 nitrogen and oxygen atoms in total. The first-order chi connectivity index (χ1) is 10.7. The number of hydrogen-bond donors (Lipinski definition) is 0. The van der Waals surface area contributed by atoms with Gasteiger partial charge >= 0.3 is 0 Å². The van der Waals surface area contributed by atoms with E-state index in [1.54, 1.807) is 11.3 Å². The second-order valence-corrected chi connectivity index (χ2v) is 7.65. The van der Waals surface area contributed by atoms with Crippen LogP contribution in [0.2, 0.25) is 5.02 Å². The van der Waals surface area contributed by atoms with Gasteiger partial charge in [-0.1, -0.05) is 45.7 Å². The van der Waals surface area contributed by atoms with Crippen molar-refractivity contribution in [1.29, 1.82) is 0 Å². The van der Waals surface area contributed by atoms with Crippen LogP contribution in [-0.4, -0.2) is 0 Å². The molecule has 0 aliphatic carbocycles. The minimum Gasteiger partial charge on any atom is -0.456 e. The van der Waals surface area contributed by atoms with Crippen LogP contribution in [0.5, 0.6) is 0 Å². The zero-order valence-electron chi connectivity index (χ0n) is 11.2. The molecule has 3 aromatic carbocycles. The van der Waals surface area contributed by atoms with Crippen molar-refractivity contribution in [2.24, 2.45) is 0 Å². The van der Waals surface area contributed by atoms with Gasteiger partial charge in [-0.25, -0.2) is 0 Å². The van der Waals surface area contributed by atoms with Crippen molar-refractivity contribution in [3.63, 3.8) is 0 Å². The Kier molecular flexibility index (Phi) is 2.63. The number of halogens is 2. The molecule has 0 amide bonds. The first-order valence-corrected chi connectivity index (χ1v) is 8.82. The van der Waals surface area contributed by atoms with Gasteiger partial charge in [-0.15, -0.1) is 11.3 Å². The smallest absolute Gasteiger partial charge is 0.136 e. The Hall–Kier alpha value is -1.55. The molecule has 0 N–H and O–H groups in total. The first kappa shape index (κ1) is 12.9. The second kappa shape index (κ2) is 4.48. The Balaban J connectivity index is 2.16.